The SMILES string of the molecule is N#C/C(=C\c1ccc(N2c3ccccc3Oc3ccccc32)s1)c1nc2ccccc2s1. The molecule has 0 fully saturated rings. The summed E-state index contributed by atoms with van der Waals surface area (Å²) in [5.74, 6) is 1.65. The Hall–Kier alpha value is -3.92. The van der Waals surface area contributed by atoms with Crippen LogP contribution in [-0.2, 0) is 0 Å². The maximum Gasteiger partial charge on any atom is 0.151 e. The zero-order chi connectivity index (χ0) is 21.5. The molecule has 0 unspecified atom stereocenters. The van der Waals surface area contributed by atoms with E-state index in [0.29, 0.717) is 5.57 Å². The van der Waals surface area contributed by atoms with Gasteiger partial charge < -0.3 is 4.74 Å². The third-order valence-corrected chi connectivity index (χ3v) is 7.28. The Balaban J connectivity index is 1.42. The van der Waals surface area contributed by atoms with Gasteiger partial charge in [-0.2, -0.15) is 5.26 Å². The van der Waals surface area contributed by atoms with E-state index in [4.69, 9.17) is 4.74 Å². The highest BCUT2D eigenvalue weighted by atomic mass is 32.1. The zero-order valence-corrected chi connectivity index (χ0v) is 18.4. The lowest BCUT2D eigenvalue weighted by Crippen LogP contribution is -2.14. The van der Waals surface area contributed by atoms with E-state index in [1.54, 1.807) is 22.7 Å². The topological polar surface area (TPSA) is 49.2 Å². The number of rotatable bonds is 3. The Morgan fingerprint density at radius 2 is 1.53 bits per heavy atom. The summed E-state index contributed by atoms with van der Waals surface area (Å²) in [4.78, 5) is 7.85. The van der Waals surface area contributed by atoms with E-state index >= 15 is 0 Å². The highest BCUT2D eigenvalue weighted by Gasteiger charge is 2.26. The van der Waals surface area contributed by atoms with Crippen molar-refractivity contribution in [2.24, 2.45) is 0 Å². The molecule has 3 aromatic carbocycles. The number of hydrogen-bond donors (Lipinski definition) is 0. The second-order valence-corrected chi connectivity index (χ2v) is 9.33. The predicted molar refractivity (Wildman–Crippen MR) is 132 cm³/mol. The van der Waals surface area contributed by atoms with Crippen molar-refractivity contribution < 1.29 is 4.74 Å². The largest absolute Gasteiger partial charge is 0.453 e. The number of anilines is 3. The molecule has 0 N–H and O–H groups in total. The van der Waals surface area contributed by atoms with Crippen molar-refractivity contribution in [3.8, 4) is 17.6 Å². The van der Waals surface area contributed by atoms with Crippen molar-refractivity contribution in [1.82, 2.24) is 4.98 Å². The van der Waals surface area contributed by atoms with Crippen molar-refractivity contribution in [2.75, 3.05) is 4.90 Å². The molecule has 0 radical (unpaired) electrons. The first-order valence-corrected chi connectivity index (χ1v) is 11.7. The van der Waals surface area contributed by atoms with Crippen LogP contribution in [0.1, 0.15) is 9.88 Å². The van der Waals surface area contributed by atoms with Crippen molar-refractivity contribution in [3.05, 3.63) is 94.8 Å². The number of thiophene rings is 1. The van der Waals surface area contributed by atoms with E-state index in [-0.39, 0.29) is 0 Å². The van der Waals surface area contributed by atoms with Crippen LogP contribution < -0.4 is 9.64 Å². The molecule has 5 aromatic rings. The summed E-state index contributed by atoms with van der Waals surface area (Å²) in [6, 6.07) is 30.5. The summed E-state index contributed by atoms with van der Waals surface area (Å²) in [5.41, 5.74) is 3.48. The summed E-state index contributed by atoms with van der Waals surface area (Å²) in [6.45, 7) is 0. The van der Waals surface area contributed by atoms with Gasteiger partial charge in [0.1, 0.15) is 16.1 Å². The monoisotopic (exact) mass is 449 g/mol. The molecule has 32 heavy (non-hydrogen) atoms. The maximum absolute atomic E-state index is 9.81. The van der Waals surface area contributed by atoms with Crippen LogP contribution in [0.3, 0.4) is 0 Å². The van der Waals surface area contributed by atoms with Gasteiger partial charge in [0, 0.05) is 4.88 Å². The van der Waals surface area contributed by atoms with Crippen LogP contribution in [0, 0.1) is 11.3 Å². The molecule has 0 aliphatic carbocycles. The van der Waals surface area contributed by atoms with Gasteiger partial charge >= 0.3 is 0 Å². The molecular weight excluding hydrogens is 434 g/mol. The van der Waals surface area contributed by atoms with Crippen molar-refractivity contribution in [1.29, 1.82) is 5.26 Å². The normalized spacial score (nSPS) is 12.7. The van der Waals surface area contributed by atoms with E-state index in [2.05, 4.69) is 34.2 Å². The molecule has 0 amide bonds. The number of aromatic nitrogens is 1. The Morgan fingerprint density at radius 1 is 0.844 bits per heavy atom. The third kappa shape index (κ3) is 3.16. The fourth-order valence-electron chi connectivity index (χ4n) is 3.75. The van der Waals surface area contributed by atoms with Gasteiger partial charge in [0.15, 0.2) is 11.5 Å². The first-order valence-electron chi connectivity index (χ1n) is 10.0. The van der Waals surface area contributed by atoms with Gasteiger partial charge in [-0.05, 0) is 54.6 Å². The molecule has 0 spiro atoms. The summed E-state index contributed by atoms with van der Waals surface area (Å²) in [5, 5.41) is 11.6. The molecule has 0 atom stereocenters. The summed E-state index contributed by atoms with van der Waals surface area (Å²) >= 11 is 3.17. The molecule has 0 saturated heterocycles. The molecule has 0 bridgehead atoms. The number of allylic oxidation sites excluding steroid dienone is 1. The van der Waals surface area contributed by atoms with E-state index in [1.165, 1.54) is 0 Å². The fraction of sp³-hybridized carbons (Fsp3) is 0. The fourth-order valence-corrected chi connectivity index (χ4v) is 5.66. The Morgan fingerprint density at radius 3 is 2.25 bits per heavy atom. The van der Waals surface area contributed by atoms with Gasteiger partial charge in [0.25, 0.3) is 0 Å². The molecule has 6 heteroatoms. The minimum absolute atomic E-state index is 0.572. The van der Waals surface area contributed by atoms with Gasteiger partial charge in [-0.3, -0.25) is 4.90 Å². The van der Waals surface area contributed by atoms with Crippen LogP contribution >= 0.6 is 22.7 Å². The van der Waals surface area contributed by atoms with Gasteiger partial charge in [0.2, 0.25) is 0 Å². The molecule has 1 aliphatic rings. The van der Waals surface area contributed by atoms with E-state index < -0.39 is 0 Å². The minimum atomic E-state index is 0.572. The average Bonchev–Trinajstić information content (AvgIpc) is 3.47. The molecule has 3 heterocycles. The molecule has 6 rings (SSSR count). The Kier molecular flexibility index (Phi) is 4.50. The van der Waals surface area contributed by atoms with E-state index in [1.807, 2.05) is 72.8 Å². The predicted octanol–water partition coefficient (Wildman–Crippen LogP) is 8.00. The highest BCUT2D eigenvalue weighted by molar-refractivity contribution is 7.20. The Bertz CT molecular complexity index is 1460. The number of thiazole rings is 1. The number of ether oxygens (including phenoxy) is 1. The number of benzene rings is 3. The summed E-state index contributed by atoms with van der Waals surface area (Å²) in [7, 11) is 0. The van der Waals surface area contributed by atoms with Crippen LogP contribution in [0.4, 0.5) is 16.4 Å². The first-order chi connectivity index (χ1) is 15.8. The lowest BCUT2D eigenvalue weighted by Gasteiger charge is -2.31. The van der Waals surface area contributed by atoms with Crippen LogP contribution in [0.15, 0.2) is 84.9 Å². The second kappa shape index (κ2) is 7.65. The number of nitrogens with zero attached hydrogens (tertiary/aromatic N) is 3. The van der Waals surface area contributed by atoms with Gasteiger partial charge in [-0.1, -0.05) is 36.4 Å². The van der Waals surface area contributed by atoms with Crippen molar-refractivity contribution in [3.63, 3.8) is 0 Å². The quantitative estimate of drug-likeness (QED) is 0.257. The van der Waals surface area contributed by atoms with Gasteiger partial charge in [-0.15, -0.1) is 22.7 Å². The summed E-state index contributed by atoms with van der Waals surface area (Å²) in [6.07, 6.45) is 1.92. The minimum Gasteiger partial charge on any atom is -0.453 e. The second-order valence-electron chi connectivity index (χ2n) is 7.21. The average molecular weight is 450 g/mol. The standard InChI is InChI=1S/C26H15N3OS2/c27-16-17(26-28-19-7-1-6-12-24(19)32-26)15-18-13-14-25(31-18)29-20-8-2-4-10-22(20)30-23-11-5-3-9-21(23)29/h1-15H/b17-15+. The maximum atomic E-state index is 9.81. The number of fused-ring (bicyclic) bond motifs is 3. The lowest BCUT2D eigenvalue weighted by atomic mass is 10.1. The van der Waals surface area contributed by atoms with E-state index in [9.17, 15) is 5.26 Å². The highest BCUT2D eigenvalue weighted by Crippen LogP contribution is 2.51. The van der Waals surface area contributed by atoms with Gasteiger partial charge in [0.05, 0.1) is 27.2 Å². The van der Waals surface area contributed by atoms with E-state index in [0.717, 1.165) is 48.0 Å². The Labute approximate surface area is 192 Å². The van der Waals surface area contributed by atoms with Crippen LogP contribution in [0.2, 0.25) is 0 Å². The molecule has 1 aliphatic heterocycles. The summed E-state index contributed by atoms with van der Waals surface area (Å²) < 4.78 is 7.19. The molecular formula is C26H15N3OS2. The number of nitriles is 1. The molecule has 152 valence electrons. The number of hydrogen-bond acceptors (Lipinski definition) is 6. The smallest absolute Gasteiger partial charge is 0.151 e. The van der Waals surface area contributed by atoms with Crippen LogP contribution in [-0.4, -0.2) is 4.98 Å². The molecule has 2 aromatic heterocycles. The first kappa shape index (κ1) is 18.8. The lowest BCUT2D eigenvalue weighted by molar-refractivity contribution is 0.477. The van der Waals surface area contributed by atoms with Crippen LogP contribution in [0.25, 0.3) is 21.9 Å². The number of para-hydroxylation sites is 5. The van der Waals surface area contributed by atoms with Gasteiger partial charge in [-0.25, -0.2) is 4.98 Å². The van der Waals surface area contributed by atoms with Crippen LogP contribution in [0.5, 0.6) is 11.5 Å². The molecule has 4 nitrogen and oxygen atoms in total. The molecule has 0 saturated carbocycles. The van der Waals surface area contributed by atoms with Crippen molar-refractivity contribution >= 4 is 60.9 Å². The van der Waals surface area contributed by atoms with Crippen molar-refractivity contribution in [2.45, 2.75) is 0 Å². The third-order valence-electron chi connectivity index (χ3n) is 5.20. The zero-order valence-electron chi connectivity index (χ0n) is 16.7.